The number of aromatic nitrogens is 2. The van der Waals surface area contributed by atoms with Crippen LogP contribution in [0.5, 0.6) is 5.75 Å². The summed E-state index contributed by atoms with van der Waals surface area (Å²) in [4.78, 5) is 16.0. The summed E-state index contributed by atoms with van der Waals surface area (Å²) in [5, 5.41) is 9.21. The van der Waals surface area contributed by atoms with E-state index in [9.17, 15) is 9.90 Å². The van der Waals surface area contributed by atoms with Gasteiger partial charge in [0.1, 0.15) is 16.2 Å². The maximum Gasteiger partial charge on any atom is 0.335 e. The number of fused-ring (bicyclic) bond motifs is 1. The second-order valence-corrected chi connectivity index (χ2v) is 7.18. The zero-order valence-corrected chi connectivity index (χ0v) is 16.3. The van der Waals surface area contributed by atoms with Crippen LogP contribution in [0.15, 0.2) is 48.5 Å². The SMILES string of the molecule is COc1ccc(-c2nc(=S)c3c(n2-c2ccc(C(=O)O)cc2)CCCC3)cc1. The van der Waals surface area contributed by atoms with Gasteiger partial charge < -0.3 is 9.84 Å². The summed E-state index contributed by atoms with van der Waals surface area (Å²) < 4.78 is 8.04. The number of rotatable bonds is 4. The average molecular weight is 392 g/mol. The first-order valence-corrected chi connectivity index (χ1v) is 9.62. The molecule has 0 spiro atoms. The van der Waals surface area contributed by atoms with E-state index in [-0.39, 0.29) is 5.56 Å². The Morgan fingerprint density at radius 2 is 1.75 bits per heavy atom. The number of nitrogens with zero attached hydrogens (tertiary/aromatic N) is 2. The van der Waals surface area contributed by atoms with Gasteiger partial charge in [0.25, 0.3) is 0 Å². The fraction of sp³-hybridized carbons (Fsp3) is 0.227. The molecule has 0 fully saturated rings. The number of hydrogen-bond donors (Lipinski definition) is 1. The Morgan fingerprint density at radius 3 is 2.39 bits per heavy atom. The molecule has 1 heterocycles. The lowest BCUT2D eigenvalue weighted by Gasteiger charge is -2.24. The maximum atomic E-state index is 11.2. The third-order valence-corrected chi connectivity index (χ3v) is 5.44. The number of methoxy groups -OCH3 is 1. The molecule has 3 aromatic rings. The highest BCUT2D eigenvalue weighted by Crippen LogP contribution is 2.31. The Bertz CT molecular complexity index is 1090. The van der Waals surface area contributed by atoms with Crippen molar-refractivity contribution in [2.75, 3.05) is 7.11 Å². The van der Waals surface area contributed by atoms with Gasteiger partial charge in [-0.1, -0.05) is 12.2 Å². The van der Waals surface area contributed by atoms with E-state index in [1.807, 2.05) is 36.4 Å². The van der Waals surface area contributed by atoms with Crippen LogP contribution in [0.4, 0.5) is 0 Å². The van der Waals surface area contributed by atoms with E-state index in [4.69, 9.17) is 21.9 Å². The van der Waals surface area contributed by atoms with E-state index in [2.05, 4.69) is 4.57 Å². The number of carbonyl (C=O) groups is 1. The summed E-state index contributed by atoms with van der Waals surface area (Å²) in [5.74, 6) is 0.599. The van der Waals surface area contributed by atoms with Gasteiger partial charge >= 0.3 is 5.97 Å². The van der Waals surface area contributed by atoms with Gasteiger partial charge in [-0.05, 0) is 74.2 Å². The monoisotopic (exact) mass is 392 g/mol. The molecule has 5 nitrogen and oxygen atoms in total. The van der Waals surface area contributed by atoms with Crippen molar-refractivity contribution in [2.45, 2.75) is 25.7 Å². The first kappa shape index (κ1) is 18.4. The van der Waals surface area contributed by atoms with Gasteiger partial charge in [0.2, 0.25) is 0 Å². The minimum atomic E-state index is -0.937. The smallest absolute Gasteiger partial charge is 0.335 e. The molecule has 142 valence electrons. The van der Waals surface area contributed by atoms with E-state index in [1.54, 1.807) is 19.2 Å². The molecule has 28 heavy (non-hydrogen) atoms. The van der Waals surface area contributed by atoms with Crippen LogP contribution in [0.2, 0.25) is 0 Å². The van der Waals surface area contributed by atoms with E-state index < -0.39 is 5.97 Å². The molecule has 0 bridgehead atoms. The number of carboxylic acids is 1. The van der Waals surface area contributed by atoms with Gasteiger partial charge in [-0.2, -0.15) is 0 Å². The van der Waals surface area contributed by atoms with Crippen molar-refractivity contribution >= 4 is 18.2 Å². The Morgan fingerprint density at radius 1 is 1.07 bits per heavy atom. The number of hydrogen-bond acceptors (Lipinski definition) is 4. The van der Waals surface area contributed by atoms with Crippen molar-refractivity contribution < 1.29 is 14.6 Å². The van der Waals surface area contributed by atoms with Crippen LogP contribution in [0, 0.1) is 4.64 Å². The Kier molecular flexibility index (Phi) is 4.96. The summed E-state index contributed by atoms with van der Waals surface area (Å²) in [6.45, 7) is 0. The third-order valence-electron chi connectivity index (χ3n) is 5.11. The summed E-state index contributed by atoms with van der Waals surface area (Å²) in [6.07, 6.45) is 4.06. The van der Waals surface area contributed by atoms with Crippen molar-refractivity contribution in [3.05, 3.63) is 70.0 Å². The van der Waals surface area contributed by atoms with Gasteiger partial charge in [-0.15, -0.1) is 0 Å². The minimum Gasteiger partial charge on any atom is -0.497 e. The molecule has 4 rings (SSSR count). The van der Waals surface area contributed by atoms with Crippen molar-refractivity contribution in [2.24, 2.45) is 0 Å². The Hall–Kier alpha value is -2.99. The maximum absolute atomic E-state index is 11.2. The highest BCUT2D eigenvalue weighted by molar-refractivity contribution is 7.71. The Balaban J connectivity index is 1.95. The first-order valence-electron chi connectivity index (χ1n) is 9.21. The van der Waals surface area contributed by atoms with Crippen molar-refractivity contribution in [3.8, 4) is 22.8 Å². The molecule has 0 aliphatic heterocycles. The molecule has 0 saturated heterocycles. The first-order chi connectivity index (χ1) is 13.6. The standard InChI is InChI=1S/C22H20N2O3S/c1-27-17-12-8-14(9-13-17)20-23-21(28)18-4-2-3-5-19(18)24(20)16-10-6-15(7-11-16)22(25)26/h6-13H,2-5H2,1H3,(H,25,26). The van der Waals surface area contributed by atoms with Crippen molar-refractivity contribution in [3.63, 3.8) is 0 Å². The fourth-order valence-corrected chi connectivity index (χ4v) is 3.98. The highest BCUT2D eigenvalue weighted by Gasteiger charge is 2.20. The molecular formula is C22H20N2O3S. The van der Waals surface area contributed by atoms with Crippen LogP contribution in [-0.4, -0.2) is 27.7 Å². The molecule has 0 atom stereocenters. The number of carboxylic acid groups (broad SMARTS) is 1. The van der Waals surface area contributed by atoms with Crippen LogP contribution < -0.4 is 4.74 Å². The van der Waals surface area contributed by atoms with Gasteiger partial charge in [0, 0.05) is 22.5 Å². The summed E-state index contributed by atoms with van der Waals surface area (Å²) in [6, 6.07) is 14.6. The molecule has 0 amide bonds. The van der Waals surface area contributed by atoms with E-state index >= 15 is 0 Å². The largest absolute Gasteiger partial charge is 0.497 e. The summed E-state index contributed by atoms with van der Waals surface area (Å²) in [5.41, 5.74) is 4.37. The van der Waals surface area contributed by atoms with E-state index in [0.29, 0.717) is 4.64 Å². The lowest BCUT2D eigenvalue weighted by molar-refractivity contribution is 0.0697. The molecule has 1 aliphatic rings. The topological polar surface area (TPSA) is 64.4 Å². The third kappa shape index (κ3) is 3.31. The molecule has 1 aliphatic carbocycles. The van der Waals surface area contributed by atoms with Crippen LogP contribution in [0.25, 0.3) is 17.1 Å². The molecule has 2 aromatic carbocycles. The van der Waals surface area contributed by atoms with Crippen molar-refractivity contribution in [1.29, 1.82) is 0 Å². The van der Waals surface area contributed by atoms with Crippen molar-refractivity contribution in [1.82, 2.24) is 9.55 Å². The van der Waals surface area contributed by atoms with Crippen LogP contribution in [-0.2, 0) is 12.8 Å². The fourth-order valence-electron chi connectivity index (χ4n) is 3.67. The predicted molar refractivity (Wildman–Crippen MR) is 110 cm³/mol. The molecule has 1 aromatic heterocycles. The summed E-state index contributed by atoms with van der Waals surface area (Å²) in [7, 11) is 1.64. The van der Waals surface area contributed by atoms with E-state index in [1.165, 1.54) is 5.69 Å². The molecule has 6 heteroatoms. The summed E-state index contributed by atoms with van der Waals surface area (Å²) >= 11 is 5.61. The minimum absolute atomic E-state index is 0.261. The highest BCUT2D eigenvalue weighted by atomic mass is 32.1. The zero-order valence-electron chi connectivity index (χ0n) is 15.5. The van der Waals surface area contributed by atoms with Crippen LogP contribution >= 0.6 is 12.2 Å². The zero-order chi connectivity index (χ0) is 19.7. The molecule has 0 saturated carbocycles. The molecule has 0 radical (unpaired) electrons. The lowest BCUT2D eigenvalue weighted by atomic mass is 9.96. The normalized spacial score (nSPS) is 13.0. The quantitative estimate of drug-likeness (QED) is 0.643. The van der Waals surface area contributed by atoms with Gasteiger partial charge in [0.05, 0.1) is 12.7 Å². The van der Waals surface area contributed by atoms with Crippen LogP contribution in [0.3, 0.4) is 0 Å². The number of ether oxygens (including phenoxy) is 1. The van der Waals surface area contributed by atoms with Gasteiger partial charge in [-0.25, -0.2) is 9.78 Å². The molecule has 0 unspecified atom stereocenters. The average Bonchev–Trinajstić information content (AvgIpc) is 2.74. The molecular weight excluding hydrogens is 372 g/mol. The number of benzene rings is 2. The molecule has 1 N–H and O–H groups in total. The predicted octanol–water partition coefficient (Wildman–Crippen LogP) is 4.85. The van der Waals surface area contributed by atoms with E-state index in [0.717, 1.165) is 54.1 Å². The lowest BCUT2D eigenvalue weighted by Crippen LogP contribution is -2.17. The Labute approximate surface area is 168 Å². The second kappa shape index (κ2) is 7.56. The second-order valence-electron chi connectivity index (χ2n) is 6.79. The van der Waals surface area contributed by atoms with Gasteiger partial charge in [-0.3, -0.25) is 4.57 Å². The number of aromatic carboxylic acids is 1. The van der Waals surface area contributed by atoms with Crippen LogP contribution in [0.1, 0.15) is 34.5 Å². The van der Waals surface area contributed by atoms with Gasteiger partial charge in [0.15, 0.2) is 0 Å².